The molecule has 0 heterocycles. The first-order chi connectivity index (χ1) is 6.56. The molecule has 1 aromatic rings. The van der Waals surface area contributed by atoms with Crippen LogP contribution in [0.2, 0.25) is 0 Å². The van der Waals surface area contributed by atoms with Crippen LogP contribution in [0.4, 0.5) is 0 Å². The topological polar surface area (TPSA) is 46.5 Å². The summed E-state index contributed by atoms with van der Waals surface area (Å²) >= 11 is 5.81. The highest BCUT2D eigenvalue weighted by atomic mass is 79.9. The molecule has 1 aromatic carbocycles. The fourth-order valence-corrected chi connectivity index (χ4v) is 1.67. The Hall–Kier alpha value is -0.550. The summed E-state index contributed by atoms with van der Waals surface area (Å²) in [5.41, 5.74) is 0.777. The van der Waals surface area contributed by atoms with E-state index in [1.807, 2.05) is 0 Å². The maximum Gasteiger partial charge on any atom is 0.324 e. The molecule has 0 radical (unpaired) electrons. The van der Waals surface area contributed by atoms with Gasteiger partial charge >= 0.3 is 5.97 Å². The Kier molecular flexibility index (Phi) is 3.95. The van der Waals surface area contributed by atoms with Crippen molar-refractivity contribution in [3.63, 3.8) is 0 Å². The van der Waals surface area contributed by atoms with Crippen molar-refractivity contribution >= 4 is 38.2 Å². The van der Waals surface area contributed by atoms with Crippen molar-refractivity contribution in [1.82, 2.24) is 0 Å². The van der Waals surface area contributed by atoms with Crippen LogP contribution in [0.25, 0.3) is 0 Å². The average molecular weight is 324 g/mol. The molecule has 3 nitrogen and oxygen atoms in total. The van der Waals surface area contributed by atoms with Gasteiger partial charge < -0.3 is 8.93 Å². The highest BCUT2D eigenvalue weighted by molar-refractivity contribution is 9.10. The van der Waals surface area contributed by atoms with E-state index in [4.69, 9.17) is 0 Å². The summed E-state index contributed by atoms with van der Waals surface area (Å²) in [6, 6.07) is 4.88. The Morgan fingerprint density at radius 3 is 2.71 bits per heavy atom. The number of hydrogen-bond acceptors (Lipinski definition) is 3. The number of carbonyl (C=O) groups excluding carboxylic acids is 1. The van der Waals surface area contributed by atoms with Crippen LogP contribution in [0.3, 0.4) is 0 Å². The minimum absolute atomic E-state index is 0.146. The maximum atomic E-state index is 11.2. The molecule has 1 N–H and O–H groups in total. The van der Waals surface area contributed by atoms with Crippen molar-refractivity contribution in [3.8, 4) is 5.75 Å². The van der Waals surface area contributed by atoms with E-state index in [9.17, 15) is 9.90 Å². The van der Waals surface area contributed by atoms with E-state index in [-0.39, 0.29) is 17.6 Å². The highest BCUT2D eigenvalue weighted by Gasteiger charge is 2.17. The Balaban J connectivity index is 2.96. The smallest absolute Gasteiger partial charge is 0.324 e. The molecule has 5 heteroatoms. The largest absolute Gasteiger partial charge is 0.507 e. The number of carbonyl (C=O) groups is 1. The maximum absolute atomic E-state index is 11.2. The summed E-state index contributed by atoms with van der Waals surface area (Å²) in [7, 11) is 0. The van der Waals surface area contributed by atoms with Gasteiger partial charge in [0.25, 0.3) is 0 Å². The first kappa shape index (κ1) is 11.5. The molecular weight excluding hydrogens is 316 g/mol. The molecule has 1 atom stereocenters. The lowest BCUT2D eigenvalue weighted by Crippen LogP contribution is -2.08. The van der Waals surface area contributed by atoms with Crippen LogP contribution in [0, 0.1) is 0 Å². The molecule has 0 saturated carbocycles. The van der Waals surface area contributed by atoms with Crippen LogP contribution < -0.4 is 0 Å². The molecule has 76 valence electrons. The predicted molar refractivity (Wildman–Crippen MR) is 59.2 cm³/mol. The fraction of sp³-hybridized carbons (Fsp3) is 0.222. The molecule has 1 unspecified atom stereocenters. The van der Waals surface area contributed by atoms with E-state index >= 15 is 0 Å². The predicted octanol–water partition coefficient (Wildman–Crippen LogP) is 3.11. The second-order valence-electron chi connectivity index (χ2n) is 2.83. The number of benzene rings is 1. The van der Waals surface area contributed by atoms with Gasteiger partial charge in [-0.1, -0.05) is 6.07 Å². The van der Waals surface area contributed by atoms with Crippen molar-refractivity contribution < 1.29 is 13.7 Å². The van der Waals surface area contributed by atoms with Crippen molar-refractivity contribution in [1.29, 1.82) is 0 Å². The lowest BCUT2D eigenvalue weighted by Gasteiger charge is -2.08. The van der Waals surface area contributed by atoms with Crippen molar-refractivity contribution in [2.45, 2.75) is 12.8 Å². The molecule has 0 aromatic heterocycles. The van der Waals surface area contributed by atoms with Gasteiger partial charge in [0.1, 0.15) is 5.75 Å². The van der Waals surface area contributed by atoms with Crippen LogP contribution in [-0.2, 0) is 8.62 Å². The van der Waals surface area contributed by atoms with Gasteiger partial charge in [0.15, 0.2) is 16.3 Å². The Bertz CT molecular complexity index is 352. The molecule has 0 bridgehead atoms. The highest BCUT2D eigenvalue weighted by Crippen LogP contribution is 2.28. The number of phenols is 1. The van der Waals surface area contributed by atoms with Gasteiger partial charge in [-0.05, 0) is 40.5 Å². The van der Waals surface area contributed by atoms with E-state index in [1.165, 1.54) is 6.07 Å². The molecule has 0 aliphatic heterocycles. The summed E-state index contributed by atoms with van der Waals surface area (Å²) in [6.45, 7) is 1.72. The number of aromatic hydroxyl groups is 1. The summed E-state index contributed by atoms with van der Waals surface area (Å²) in [5, 5.41) is 9.25. The van der Waals surface area contributed by atoms with Gasteiger partial charge in [0.2, 0.25) is 0 Å². The number of phenolic OH excluding ortho intramolecular Hbond substituents is 1. The van der Waals surface area contributed by atoms with Crippen LogP contribution in [-0.4, -0.2) is 11.1 Å². The SMILES string of the molecule is CC(C(=O)OBr)c1ccc(O)c(Br)c1. The standard InChI is InChI=1S/C9H8Br2O3/c1-5(9(13)14-11)6-2-3-8(12)7(10)4-6/h2-5,12H,1H3. The van der Waals surface area contributed by atoms with Crippen LogP contribution in [0.5, 0.6) is 5.75 Å². The quantitative estimate of drug-likeness (QED) is 0.909. The van der Waals surface area contributed by atoms with Crippen molar-refractivity contribution in [3.05, 3.63) is 28.2 Å². The fourth-order valence-electron chi connectivity index (χ4n) is 0.995. The zero-order chi connectivity index (χ0) is 10.7. The van der Waals surface area contributed by atoms with E-state index in [2.05, 4.69) is 36.0 Å². The summed E-state index contributed by atoms with van der Waals surface area (Å²) in [6.07, 6.45) is 0. The molecule has 0 aliphatic carbocycles. The summed E-state index contributed by atoms with van der Waals surface area (Å²) in [4.78, 5) is 11.2. The minimum atomic E-state index is -0.373. The average Bonchev–Trinajstić information content (AvgIpc) is 2.20. The van der Waals surface area contributed by atoms with Gasteiger partial charge in [-0.15, -0.1) is 0 Å². The first-order valence-corrected chi connectivity index (χ1v) is 5.31. The molecule has 14 heavy (non-hydrogen) atoms. The number of halogens is 2. The van der Waals surface area contributed by atoms with Gasteiger partial charge in [0, 0.05) is 0 Å². The molecule has 0 amide bonds. The summed E-state index contributed by atoms with van der Waals surface area (Å²) in [5.74, 6) is -0.595. The van der Waals surface area contributed by atoms with Gasteiger partial charge in [-0.2, -0.15) is 0 Å². The van der Waals surface area contributed by atoms with Gasteiger partial charge in [0.05, 0.1) is 10.4 Å². The lowest BCUT2D eigenvalue weighted by molar-refractivity contribution is -0.133. The first-order valence-electron chi connectivity index (χ1n) is 3.87. The normalized spacial score (nSPS) is 12.2. The minimum Gasteiger partial charge on any atom is -0.507 e. The monoisotopic (exact) mass is 322 g/mol. The van der Waals surface area contributed by atoms with E-state index < -0.39 is 0 Å². The van der Waals surface area contributed by atoms with E-state index in [0.717, 1.165) is 5.56 Å². The third kappa shape index (κ3) is 2.48. The van der Waals surface area contributed by atoms with Crippen molar-refractivity contribution in [2.75, 3.05) is 0 Å². The molecule has 0 aliphatic rings. The zero-order valence-electron chi connectivity index (χ0n) is 7.33. The number of rotatable bonds is 2. The molecular formula is C9H8Br2O3. The van der Waals surface area contributed by atoms with Gasteiger partial charge in [-0.3, -0.25) is 4.79 Å². The zero-order valence-corrected chi connectivity index (χ0v) is 10.5. The van der Waals surface area contributed by atoms with Crippen LogP contribution in [0.1, 0.15) is 18.4 Å². The second kappa shape index (κ2) is 4.79. The second-order valence-corrected chi connectivity index (χ2v) is 4.01. The molecule has 0 spiro atoms. The molecule has 1 rings (SSSR count). The third-order valence-electron chi connectivity index (χ3n) is 1.90. The summed E-state index contributed by atoms with van der Waals surface area (Å²) < 4.78 is 4.99. The van der Waals surface area contributed by atoms with E-state index in [1.54, 1.807) is 19.1 Å². The Labute approximate surface area is 98.7 Å². The van der Waals surface area contributed by atoms with Crippen LogP contribution >= 0.6 is 32.2 Å². The van der Waals surface area contributed by atoms with Gasteiger partial charge in [-0.25, -0.2) is 0 Å². The molecule has 0 fully saturated rings. The molecule has 0 saturated heterocycles. The number of hydrogen-bond donors (Lipinski definition) is 1. The lowest BCUT2D eigenvalue weighted by atomic mass is 10.0. The van der Waals surface area contributed by atoms with Crippen LogP contribution in [0.15, 0.2) is 22.7 Å². The van der Waals surface area contributed by atoms with Crippen molar-refractivity contribution in [2.24, 2.45) is 0 Å². The Morgan fingerprint density at radius 2 is 2.21 bits per heavy atom. The van der Waals surface area contributed by atoms with E-state index in [0.29, 0.717) is 4.47 Å². The third-order valence-corrected chi connectivity index (χ3v) is 2.86. The Morgan fingerprint density at radius 1 is 1.57 bits per heavy atom.